The molecule has 0 spiro atoms. The maximum atomic E-state index is 12.9. The SMILES string of the molecule is CC.Cc1cc(F)ccc1CCc1ccc(F)cc1. The van der Waals surface area contributed by atoms with Gasteiger partial charge in [-0.3, -0.25) is 0 Å². The van der Waals surface area contributed by atoms with Gasteiger partial charge in [0.15, 0.2) is 0 Å². The second-order valence-corrected chi connectivity index (χ2v) is 4.20. The molecule has 0 saturated heterocycles. The Balaban J connectivity index is 0.000000861. The van der Waals surface area contributed by atoms with Gasteiger partial charge in [-0.05, 0) is 60.7 Å². The summed E-state index contributed by atoms with van der Waals surface area (Å²) in [5.74, 6) is -0.417. The summed E-state index contributed by atoms with van der Waals surface area (Å²) in [6, 6.07) is 11.3. The molecule has 0 saturated carbocycles. The number of halogens is 2. The number of aryl methyl sites for hydroxylation is 3. The average molecular weight is 262 g/mol. The van der Waals surface area contributed by atoms with Crippen LogP contribution in [-0.4, -0.2) is 0 Å². The molecule has 0 N–H and O–H groups in total. The van der Waals surface area contributed by atoms with Gasteiger partial charge in [0.25, 0.3) is 0 Å². The highest BCUT2D eigenvalue weighted by atomic mass is 19.1. The number of benzene rings is 2. The van der Waals surface area contributed by atoms with Crippen molar-refractivity contribution >= 4 is 0 Å². The Morgan fingerprint density at radius 1 is 0.789 bits per heavy atom. The number of rotatable bonds is 3. The minimum Gasteiger partial charge on any atom is -0.207 e. The summed E-state index contributed by atoms with van der Waals surface area (Å²) in [7, 11) is 0. The largest absolute Gasteiger partial charge is 0.207 e. The molecule has 0 aliphatic rings. The van der Waals surface area contributed by atoms with E-state index in [0.29, 0.717) is 0 Å². The van der Waals surface area contributed by atoms with Crippen LogP contribution in [0.15, 0.2) is 42.5 Å². The molecule has 2 aromatic carbocycles. The van der Waals surface area contributed by atoms with Crippen LogP contribution < -0.4 is 0 Å². The highest BCUT2D eigenvalue weighted by Crippen LogP contribution is 2.13. The summed E-state index contributed by atoms with van der Waals surface area (Å²) in [6.45, 7) is 5.91. The van der Waals surface area contributed by atoms with Crippen LogP contribution in [-0.2, 0) is 12.8 Å². The minimum atomic E-state index is -0.216. The van der Waals surface area contributed by atoms with Gasteiger partial charge in [0.05, 0.1) is 0 Å². The molecular formula is C17H20F2. The third-order valence-corrected chi connectivity index (χ3v) is 2.90. The van der Waals surface area contributed by atoms with E-state index in [2.05, 4.69) is 0 Å². The number of hydrogen-bond acceptors (Lipinski definition) is 0. The third kappa shape index (κ3) is 4.82. The second-order valence-electron chi connectivity index (χ2n) is 4.20. The summed E-state index contributed by atoms with van der Waals surface area (Å²) in [4.78, 5) is 0. The molecule has 0 aliphatic carbocycles. The lowest BCUT2D eigenvalue weighted by Crippen LogP contribution is -1.95. The summed E-state index contributed by atoms with van der Waals surface area (Å²) >= 11 is 0. The van der Waals surface area contributed by atoms with E-state index in [9.17, 15) is 8.78 Å². The quantitative estimate of drug-likeness (QED) is 0.723. The molecule has 0 atom stereocenters. The molecule has 2 heteroatoms. The van der Waals surface area contributed by atoms with Crippen molar-refractivity contribution in [2.75, 3.05) is 0 Å². The lowest BCUT2D eigenvalue weighted by atomic mass is 10.0. The zero-order valence-electron chi connectivity index (χ0n) is 11.7. The lowest BCUT2D eigenvalue weighted by molar-refractivity contribution is 0.624. The van der Waals surface area contributed by atoms with Gasteiger partial charge in [0.2, 0.25) is 0 Å². The Morgan fingerprint density at radius 2 is 1.37 bits per heavy atom. The molecule has 0 aromatic heterocycles. The first-order valence-corrected chi connectivity index (χ1v) is 6.64. The predicted octanol–water partition coefficient (Wildman–Crippen LogP) is 5.08. The molecule has 102 valence electrons. The molecule has 0 unspecified atom stereocenters. The van der Waals surface area contributed by atoms with Crippen LogP contribution in [0.2, 0.25) is 0 Å². The Kier molecular flexibility index (Phi) is 6.20. The fraction of sp³-hybridized carbons (Fsp3) is 0.294. The Morgan fingerprint density at radius 3 is 1.95 bits per heavy atom. The Hall–Kier alpha value is -1.70. The van der Waals surface area contributed by atoms with Crippen molar-refractivity contribution in [3.8, 4) is 0 Å². The van der Waals surface area contributed by atoms with E-state index in [1.807, 2.05) is 26.8 Å². The minimum absolute atomic E-state index is 0.201. The Bertz CT molecular complexity index is 501. The van der Waals surface area contributed by atoms with Crippen molar-refractivity contribution in [3.05, 3.63) is 70.8 Å². The molecule has 19 heavy (non-hydrogen) atoms. The molecule has 0 radical (unpaired) electrons. The van der Waals surface area contributed by atoms with Crippen molar-refractivity contribution in [1.29, 1.82) is 0 Å². The molecule has 0 heterocycles. The van der Waals surface area contributed by atoms with E-state index in [-0.39, 0.29) is 11.6 Å². The van der Waals surface area contributed by atoms with Crippen LogP contribution in [0.1, 0.15) is 30.5 Å². The third-order valence-electron chi connectivity index (χ3n) is 2.90. The van der Waals surface area contributed by atoms with Crippen LogP contribution >= 0.6 is 0 Å². The van der Waals surface area contributed by atoms with Gasteiger partial charge in [-0.2, -0.15) is 0 Å². The highest BCUT2D eigenvalue weighted by Gasteiger charge is 2.01. The maximum absolute atomic E-state index is 12.9. The summed E-state index contributed by atoms with van der Waals surface area (Å²) in [5.41, 5.74) is 3.19. The summed E-state index contributed by atoms with van der Waals surface area (Å²) < 4.78 is 25.6. The van der Waals surface area contributed by atoms with Gasteiger partial charge in [-0.25, -0.2) is 8.78 Å². The predicted molar refractivity (Wildman–Crippen MR) is 76.3 cm³/mol. The first kappa shape index (κ1) is 15.4. The van der Waals surface area contributed by atoms with Crippen LogP contribution in [0.5, 0.6) is 0 Å². The molecule has 2 rings (SSSR count). The highest BCUT2D eigenvalue weighted by molar-refractivity contribution is 5.28. The molecule has 2 aromatic rings. The lowest BCUT2D eigenvalue weighted by Gasteiger charge is -2.06. The van der Waals surface area contributed by atoms with Crippen LogP contribution in [0.3, 0.4) is 0 Å². The van der Waals surface area contributed by atoms with Crippen LogP contribution in [0.25, 0.3) is 0 Å². The van der Waals surface area contributed by atoms with Crippen molar-refractivity contribution < 1.29 is 8.78 Å². The van der Waals surface area contributed by atoms with E-state index >= 15 is 0 Å². The van der Waals surface area contributed by atoms with Crippen molar-refractivity contribution in [2.45, 2.75) is 33.6 Å². The molecule has 0 fully saturated rings. The van der Waals surface area contributed by atoms with Gasteiger partial charge < -0.3 is 0 Å². The number of hydrogen-bond donors (Lipinski definition) is 0. The Labute approximate surface area is 114 Å². The van der Waals surface area contributed by atoms with Gasteiger partial charge in [0, 0.05) is 0 Å². The van der Waals surface area contributed by atoms with Gasteiger partial charge in [-0.15, -0.1) is 0 Å². The zero-order valence-corrected chi connectivity index (χ0v) is 11.7. The van der Waals surface area contributed by atoms with Crippen molar-refractivity contribution in [3.63, 3.8) is 0 Å². The molecular weight excluding hydrogens is 242 g/mol. The van der Waals surface area contributed by atoms with E-state index < -0.39 is 0 Å². The zero-order chi connectivity index (χ0) is 14.3. The van der Waals surface area contributed by atoms with Crippen molar-refractivity contribution in [1.82, 2.24) is 0 Å². The van der Waals surface area contributed by atoms with Gasteiger partial charge in [-0.1, -0.05) is 32.0 Å². The van der Waals surface area contributed by atoms with Gasteiger partial charge >= 0.3 is 0 Å². The fourth-order valence-corrected chi connectivity index (χ4v) is 1.87. The monoisotopic (exact) mass is 262 g/mol. The molecule has 0 aliphatic heterocycles. The van der Waals surface area contributed by atoms with Crippen molar-refractivity contribution in [2.24, 2.45) is 0 Å². The summed E-state index contributed by atoms with van der Waals surface area (Å²) in [5, 5.41) is 0. The van der Waals surface area contributed by atoms with Gasteiger partial charge in [0.1, 0.15) is 11.6 Å². The molecule has 0 nitrogen and oxygen atoms in total. The van der Waals surface area contributed by atoms with E-state index in [1.54, 1.807) is 18.2 Å². The van der Waals surface area contributed by atoms with Crippen LogP contribution in [0.4, 0.5) is 8.78 Å². The second kappa shape index (κ2) is 7.67. The molecule has 0 amide bonds. The fourth-order valence-electron chi connectivity index (χ4n) is 1.87. The first-order chi connectivity index (χ1) is 9.15. The van der Waals surface area contributed by atoms with E-state index in [1.165, 1.54) is 18.2 Å². The van der Waals surface area contributed by atoms with E-state index in [4.69, 9.17) is 0 Å². The average Bonchev–Trinajstić information content (AvgIpc) is 2.42. The standard InChI is InChI=1S/C15H14F2.C2H6/c1-11-10-15(17)9-6-13(11)5-2-12-3-7-14(16)8-4-12;1-2/h3-4,6-10H,2,5H2,1H3;1-2H3. The van der Waals surface area contributed by atoms with Crippen LogP contribution in [0, 0.1) is 18.6 Å². The smallest absolute Gasteiger partial charge is 0.123 e. The maximum Gasteiger partial charge on any atom is 0.123 e. The normalized spacial score (nSPS) is 9.74. The first-order valence-electron chi connectivity index (χ1n) is 6.64. The topological polar surface area (TPSA) is 0 Å². The summed E-state index contributed by atoms with van der Waals surface area (Å²) in [6.07, 6.45) is 1.69. The van der Waals surface area contributed by atoms with E-state index in [0.717, 1.165) is 29.5 Å². The molecule has 0 bridgehead atoms.